The summed E-state index contributed by atoms with van der Waals surface area (Å²) in [6.07, 6.45) is 0. The van der Waals surface area contributed by atoms with Gasteiger partial charge in [-0.1, -0.05) is 6.07 Å². The van der Waals surface area contributed by atoms with E-state index >= 15 is 0 Å². The minimum atomic E-state index is -3.34. The quantitative estimate of drug-likeness (QED) is 0.596. The Bertz CT molecular complexity index is 475. The number of aromatic carboxylic acids is 1. The lowest BCUT2D eigenvalue weighted by Crippen LogP contribution is -2.47. The van der Waals surface area contributed by atoms with Crippen LogP contribution in [-0.2, 0) is 11.3 Å². The van der Waals surface area contributed by atoms with E-state index in [0.717, 1.165) is 6.07 Å². The van der Waals surface area contributed by atoms with Crippen LogP contribution in [0.3, 0.4) is 0 Å². The van der Waals surface area contributed by atoms with Crippen LogP contribution in [0.4, 0.5) is 4.39 Å². The molecule has 1 aliphatic heterocycles. The third kappa shape index (κ3) is 2.23. The monoisotopic (exact) mass is 243 g/mol. The topological polar surface area (TPSA) is 96.2 Å². The van der Waals surface area contributed by atoms with Crippen molar-refractivity contribution in [1.82, 2.24) is 0 Å². The molecule has 1 aromatic rings. The summed E-state index contributed by atoms with van der Waals surface area (Å²) in [6, 6.07) is 2.23. The van der Waals surface area contributed by atoms with Crippen LogP contribution in [0.5, 0.6) is 5.75 Å². The Labute approximate surface area is 95.2 Å². The van der Waals surface area contributed by atoms with Gasteiger partial charge >= 0.3 is 12.7 Å². The van der Waals surface area contributed by atoms with E-state index in [9.17, 15) is 19.2 Å². The smallest absolute Gasteiger partial charge is 0.455 e. The second-order valence-electron chi connectivity index (χ2n) is 3.71. The fourth-order valence-corrected chi connectivity index (χ4v) is 1.59. The van der Waals surface area contributed by atoms with Crippen molar-refractivity contribution in [2.24, 2.45) is 0 Å². The molecule has 0 spiro atoms. The molecule has 0 bridgehead atoms. The van der Waals surface area contributed by atoms with Crippen molar-refractivity contribution in [2.75, 3.05) is 6.51 Å². The van der Waals surface area contributed by atoms with Crippen molar-refractivity contribution in [3.05, 3.63) is 29.1 Å². The normalized spacial score (nSPS) is 17.8. The molecule has 1 aromatic carbocycles. The van der Waals surface area contributed by atoms with Crippen LogP contribution in [0.2, 0.25) is 0 Å². The molecule has 3 N–H and O–H groups in total. The molecule has 2 rings (SSSR count). The largest absolute Gasteiger partial charge is 0.668 e. The Morgan fingerprint density at radius 2 is 2.12 bits per heavy atom. The van der Waals surface area contributed by atoms with Gasteiger partial charge in [0.1, 0.15) is 11.4 Å². The number of rotatable bonds is 1. The molecule has 1 heterocycles. The highest BCUT2D eigenvalue weighted by Crippen LogP contribution is 2.31. The molecule has 0 saturated carbocycles. The predicted molar refractivity (Wildman–Crippen MR) is 53.8 cm³/mol. The number of benzene rings is 1. The Morgan fingerprint density at radius 3 is 2.76 bits per heavy atom. The fraction of sp³-hybridized carbons (Fsp3) is 0.222. The SMILES string of the molecule is O=C(O)c1c(F)ccc2c1O[B-](O)(O)COC2. The molecule has 0 unspecified atom stereocenters. The lowest BCUT2D eigenvalue weighted by Gasteiger charge is -2.28. The number of halogens is 1. The molecule has 0 radical (unpaired) electrons. The molecule has 6 nitrogen and oxygen atoms in total. The van der Waals surface area contributed by atoms with Crippen molar-refractivity contribution < 1.29 is 33.7 Å². The summed E-state index contributed by atoms with van der Waals surface area (Å²) in [7, 11) is 0. The number of carboxylic acids is 1. The molecule has 8 heteroatoms. The van der Waals surface area contributed by atoms with Crippen LogP contribution in [0.1, 0.15) is 15.9 Å². The zero-order valence-corrected chi connectivity index (χ0v) is 8.59. The molecule has 1 aliphatic rings. The van der Waals surface area contributed by atoms with E-state index in [4.69, 9.17) is 14.5 Å². The Kier molecular flexibility index (Phi) is 2.78. The maximum Gasteiger partial charge on any atom is 0.455 e. The number of carbonyl (C=O) groups is 1. The zero-order chi connectivity index (χ0) is 12.6. The summed E-state index contributed by atoms with van der Waals surface area (Å²) in [5.74, 6) is -2.96. The predicted octanol–water partition coefficient (Wildman–Crippen LogP) is -0.104. The highest BCUT2D eigenvalue weighted by atomic mass is 19.1. The minimum Gasteiger partial charge on any atom is -0.668 e. The molecule has 0 amide bonds. The number of fused-ring (bicyclic) bond motifs is 1. The van der Waals surface area contributed by atoms with Gasteiger partial charge in [0.15, 0.2) is 0 Å². The lowest BCUT2D eigenvalue weighted by atomic mass is 9.81. The summed E-state index contributed by atoms with van der Waals surface area (Å²) >= 11 is 0. The number of hydrogen-bond acceptors (Lipinski definition) is 5. The highest BCUT2D eigenvalue weighted by Gasteiger charge is 2.31. The molecule has 0 aromatic heterocycles. The van der Waals surface area contributed by atoms with E-state index in [1.54, 1.807) is 0 Å². The number of ether oxygens (including phenoxy) is 1. The second kappa shape index (κ2) is 3.99. The van der Waals surface area contributed by atoms with E-state index < -0.39 is 36.4 Å². The fourth-order valence-electron chi connectivity index (χ4n) is 1.59. The van der Waals surface area contributed by atoms with Gasteiger partial charge in [-0.25, -0.2) is 9.18 Å². The standard InChI is InChI=1S/C9H9BFO6/c11-6-2-1-5-3-16-4-10(14,15)17-8(5)7(6)9(12)13/h1-2,14-15H,3-4H2,(H,12,13)/q-1. The summed E-state index contributed by atoms with van der Waals surface area (Å²) in [5, 5.41) is 27.6. The molecule has 0 fully saturated rings. The van der Waals surface area contributed by atoms with E-state index in [2.05, 4.69) is 0 Å². The first-order chi connectivity index (χ1) is 7.91. The molecule has 0 atom stereocenters. The molecule has 92 valence electrons. The molecule has 17 heavy (non-hydrogen) atoms. The highest BCUT2D eigenvalue weighted by molar-refractivity contribution is 6.58. The number of hydrogen-bond donors (Lipinski definition) is 3. The Balaban J connectivity index is 2.59. The molecular weight excluding hydrogens is 234 g/mol. The van der Waals surface area contributed by atoms with Crippen LogP contribution in [0.25, 0.3) is 0 Å². The van der Waals surface area contributed by atoms with Crippen molar-refractivity contribution in [2.45, 2.75) is 6.61 Å². The van der Waals surface area contributed by atoms with Crippen LogP contribution < -0.4 is 4.65 Å². The zero-order valence-electron chi connectivity index (χ0n) is 8.59. The van der Waals surface area contributed by atoms with Crippen LogP contribution >= 0.6 is 0 Å². The maximum absolute atomic E-state index is 13.4. The summed E-state index contributed by atoms with van der Waals surface area (Å²) in [6.45, 7) is -3.92. The van der Waals surface area contributed by atoms with Gasteiger partial charge in [0.2, 0.25) is 0 Å². The summed E-state index contributed by atoms with van der Waals surface area (Å²) in [4.78, 5) is 10.9. The Morgan fingerprint density at radius 1 is 1.41 bits per heavy atom. The average molecular weight is 243 g/mol. The summed E-state index contributed by atoms with van der Waals surface area (Å²) in [5.41, 5.74) is -0.488. The first kappa shape index (κ1) is 11.8. The summed E-state index contributed by atoms with van der Waals surface area (Å²) < 4.78 is 23.0. The van der Waals surface area contributed by atoms with Gasteiger partial charge < -0.3 is 24.5 Å². The van der Waals surface area contributed by atoms with E-state index in [-0.39, 0.29) is 12.2 Å². The van der Waals surface area contributed by atoms with Gasteiger partial charge in [0.05, 0.1) is 12.4 Å². The molecule has 0 saturated heterocycles. The van der Waals surface area contributed by atoms with E-state index in [1.165, 1.54) is 6.07 Å². The van der Waals surface area contributed by atoms with Gasteiger partial charge in [0, 0.05) is 12.1 Å². The van der Waals surface area contributed by atoms with Crippen molar-refractivity contribution >= 4 is 12.7 Å². The number of carboxylic acid groups (broad SMARTS) is 1. The Hall–Kier alpha value is -1.64. The van der Waals surface area contributed by atoms with Crippen molar-refractivity contribution in [3.8, 4) is 5.75 Å². The molecular formula is C9H9BFO6-. The third-order valence-electron chi connectivity index (χ3n) is 2.30. The lowest BCUT2D eigenvalue weighted by molar-refractivity contribution is 0.0688. The van der Waals surface area contributed by atoms with Gasteiger partial charge in [-0.15, -0.1) is 0 Å². The van der Waals surface area contributed by atoms with Crippen molar-refractivity contribution in [1.29, 1.82) is 0 Å². The van der Waals surface area contributed by atoms with E-state index in [0.29, 0.717) is 0 Å². The van der Waals surface area contributed by atoms with Crippen molar-refractivity contribution in [3.63, 3.8) is 0 Å². The van der Waals surface area contributed by atoms with Crippen LogP contribution in [-0.4, -0.2) is 34.4 Å². The van der Waals surface area contributed by atoms with E-state index in [1.807, 2.05) is 0 Å². The third-order valence-corrected chi connectivity index (χ3v) is 2.30. The van der Waals surface area contributed by atoms with Crippen LogP contribution in [0.15, 0.2) is 12.1 Å². The van der Waals surface area contributed by atoms with Gasteiger partial charge in [0.25, 0.3) is 0 Å². The molecule has 0 aliphatic carbocycles. The second-order valence-corrected chi connectivity index (χ2v) is 3.71. The first-order valence-electron chi connectivity index (χ1n) is 4.82. The van der Waals surface area contributed by atoms with Gasteiger partial charge in [-0.3, -0.25) is 0 Å². The van der Waals surface area contributed by atoms with Crippen LogP contribution in [0, 0.1) is 5.82 Å². The maximum atomic E-state index is 13.4. The van der Waals surface area contributed by atoms with Gasteiger partial charge in [-0.05, 0) is 6.07 Å². The first-order valence-corrected chi connectivity index (χ1v) is 4.82. The average Bonchev–Trinajstić information content (AvgIpc) is 2.34. The van der Waals surface area contributed by atoms with Gasteiger partial charge in [-0.2, -0.15) is 0 Å². The minimum absolute atomic E-state index is 0.0828.